The largest absolute Gasteiger partial charge is 0.497 e. The minimum atomic E-state index is -0.758. The van der Waals surface area contributed by atoms with E-state index in [4.69, 9.17) is 14.2 Å². The van der Waals surface area contributed by atoms with Crippen LogP contribution in [0.1, 0.15) is 30.9 Å². The average Bonchev–Trinajstić information content (AvgIpc) is 3.40. The van der Waals surface area contributed by atoms with Crippen LogP contribution < -0.4 is 10.1 Å². The zero-order valence-corrected chi connectivity index (χ0v) is 19.8. The van der Waals surface area contributed by atoms with Crippen LogP contribution in [0.3, 0.4) is 0 Å². The second-order valence-corrected chi connectivity index (χ2v) is 7.29. The van der Waals surface area contributed by atoms with Gasteiger partial charge in [0.1, 0.15) is 23.9 Å². The number of hydrogen-bond donors (Lipinski definition) is 1. The van der Waals surface area contributed by atoms with Crippen LogP contribution in [-0.4, -0.2) is 51.6 Å². The topological polar surface area (TPSA) is 110 Å². The van der Waals surface area contributed by atoms with E-state index in [1.54, 1.807) is 37.9 Å². The lowest BCUT2D eigenvalue weighted by atomic mass is 10.2. The minimum absolute atomic E-state index is 0.142. The van der Waals surface area contributed by atoms with Gasteiger partial charge in [0.15, 0.2) is 5.57 Å². The predicted molar refractivity (Wildman–Crippen MR) is 125 cm³/mol. The number of imidazole rings is 1. The van der Waals surface area contributed by atoms with E-state index >= 15 is 0 Å². The van der Waals surface area contributed by atoms with Crippen molar-refractivity contribution in [3.63, 3.8) is 0 Å². The second kappa shape index (κ2) is 11.7. The van der Waals surface area contributed by atoms with Gasteiger partial charge in [-0.1, -0.05) is 12.1 Å². The van der Waals surface area contributed by atoms with Crippen molar-refractivity contribution in [3.8, 4) is 5.75 Å². The summed E-state index contributed by atoms with van der Waals surface area (Å²) in [6.07, 6.45) is 4.93. The van der Waals surface area contributed by atoms with Gasteiger partial charge in [-0.15, -0.1) is 0 Å². The van der Waals surface area contributed by atoms with Gasteiger partial charge >= 0.3 is 11.9 Å². The molecule has 0 saturated heterocycles. The third-order valence-corrected chi connectivity index (χ3v) is 4.86. The Morgan fingerprint density at radius 2 is 1.74 bits per heavy atom. The highest BCUT2D eigenvalue weighted by molar-refractivity contribution is 6.14. The SMILES string of the molecule is CCOC(=O)C(=CNc1cc(C)nn1Cc1nccn1Cc1ccc(OC)cc1)C(=O)OCC. The molecule has 1 aromatic carbocycles. The molecule has 0 unspecified atom stereocenters. The molecule has 10 heteroatoms. The Morgan fingerprint density at radius 3 is 2.35 bits per heavy atom. The van der Waals surface area contributed by atoms with Gasteiger partial charge in [-0.25, -0.2) is 19.3 Å². The van der Waals surface area contributed by atoms with Gasteiger partial charge in [-0.2, -0.15) is 5.10 Å². The first-order chi connectivity index (χ1) is 16.4. The van der Waals surface area contributed by atoms with E-state index in [0.717, 1.165) is 22.8 Å². The van der Waals surface area contributed by atoms with Crippen LogP contribution in [0.2, 0.25) is 0 Å². The number of aryl methyl sites for hydroxylation is 1. The Hall–Kier alpha value is -4.08. The monoisotopic (exact) mass is 467 g/mol. The summed E-state index contributed by atoms with van der Waals surface area (Å²) < 4.78 is 18.9. The number of nitrogens with one attached hydrogen (secondary N) is 1. The molecule has 0 spiro atoms. The Labute approximate surface area is 198 Å². The third-order valence-electron chi connectivity index (χ3n) is 4.86. The first kappa shape index (κ1) is 24.6. The Kier molecular flexibility index (Phi) is 8.44. The second-order valence-electron chi connectivity index (χ2n) is 7.29. The van der Waals surface area contributed by atoms with Crippen LogP contribution in [0.25, 0.3) is 0 Å². The zero-order valence-electron chi connectivity index (χ0n) is 19.8. The number of benzene rings is 1. The lowest BCUT2D eigenvalue weighted by Crippen LogP contribution is -2.20. The molecule has 0 aliphatic heterocycles. The smallest absolute Gasteiger partial charge is 0.347 e. The van der Waals surface area contributed by atoms with Gasteiger partial charge in [0, 0.05) is 31.2 Å². The lowest BCUT2D eigenvalue weighted by molar-refractivity contribution is -0.146. The van der Waals surface area contributed by atoms with Gasteiger partial charge in [-0.3, -0.25) is 0 Å². The van der Waals surface area contributed by atoms with Crippen LogP contribution in [-0.2, 0) is 32.2 Å². The summed E-state index contributed by atoms with van der Waals surface area (Å²) in [5, 5.41) is 7.51. The van der Waals surface area contributed by atoms with Crippen molar-refractivity contribution >= 4 is 17.8 Å². The average molecular weight is 468 g/mol. The van der Waals surface area contributed by atoms with Crippen LogP contribution in [0.5, 0.6) is 5.75 Å². The molecule has 2 aromatic heterocycles. The first-order valence-corrected chi connectivity index (χ1v) is 10.9. The number of nitrogens with zero attached hydrogens (tertiary/aromatic N) is 4. The van der Waals surface area contributed by atoms with E-state index in [1.807, 2.05) is 42.0 Å². The fourth-order valence-electron chi connectivity index (χ4n) is 3.24. The lowest BCUT2D eigenvalue weighted by Gasteiger charge is -2.11. The fourth-order valence-corrected chi connectivity index (χ4v) is 3.24. The summed E-state index contributed by atoms with van der Waals surface area (Å²) in [4.78, 5) is 28.9. The molecule has 0 aliphatic carbocycles. The predicted octanol–water partition coefficient (Wildman–Crippen LogP) is 2.92. The summed E-state index contributed by atoms with van der Waals surface area (Å²) in [6.45, 7) is 6.49. The summed E-state index contributed by atoms with van der Waals surface area (Å²) in [7, 11) is 1.64. The van der Waals surface area contributed by atoms with Crippen LogP contribution in [0.4, 0.5) is 5.82 Å². The maximum Gasteiger partial charge on any atom is 0.347 e. The quantitative estimate of drug-likeness (QED) is 0.198. The van der Waals surface area contributed by atoms with Crippen molar-refractivity contribution < 1.29 is 23.8 Å². The summed E-state index contributed by atoms with van der Waals surface area (Å²) >= 11 is 0. The molecule has 0 bridgehead atoms. The van der Waals surface area contributed by atoms with Crippen molar-refractivity contribution in [2.75, 3.05) is 25.6 Å². The van der Waals surface area contributed by atoms with E-state index in [9.17, 15) is 9.59 Å². The third kappa shape index (κ3) is 6.25. The summed E-state index contributed by atoms with van der Waals surface area (Å²) in [5.74, 6) is 0.664. The Balaban J connectivity index is 1.79. The molecule has 34 heavy (non-hydrogen) atoms. The van der Waals surface area contributed by atoms with E-state index in [2.05, 4.69) is 15.4 Å². The number of aromatic nitrogens is 4. The van der Waals surface area contributed by atoms with Gasteiger partial charge < -0.3 is 24.1 Å². The molecule has 2 heterocycles. The molecular formula is C24H29N5O5. The molecule has 180 valence electrons. The van der Waals surface area contributed by atoms with Crippen molar-refractivity contribution in [1.29, 1.82) is 0 Å². The Bertz CT molecular complexity index is 1130. The number of esters is 2. The van der Waals surface area contributed by atoms with Crippen molar-refractivity contribution in [2.24, 2.45) is 0 Å². The van der Waals surface area contributed by atoms with E-state index < -0.39 is 11.9 Å². The van der Waals surface area contributed by atoms with Gasteiger partial charge in [-0.05, 0) is 38.5 Å². The van der Waals surface area contributed by atoms with Gasteiger partial charge in [0.25, 0.3) is 0 Å². The molecular weight excluding hydrogens is 438 g/mol. The standard InChI is InChI=1S/C24H29N5O5/c1-5-33-23(30)20(24(31)34-6-2)14-26-21-13-17(3)27-29(21)16-22-25-11-12-28(22)15-18-7-9-19(32-4)10-8-18/h7-14,26H,5-6,15-16H2,1-4H3. The number of anilines is 1. The minimum Gasteiger partial charge on any atom is -0.497 e. The van der Waals surface area contributed by atoms with Crippen molar-refractivity contribution in [3.05, 3.63) is 71.6 Å². The van der Waals surface area contributed by atoms with Crippen LogP contribution in [0.15, 0.2) is 54.5 Å². The number of carbonyl (C=O) groups is 2. The maximum absolute atomic E-state index is 12.2. The molecule has 3 rings (SSSR count). The normalized spacial score (nSPS) is 10.5. The number of carbonyl (C=O) groups excluding carboxylic acids is 2. The number of rotatable bonds is 11. The van der Waals surface area contributed by atoms with Crippen LogP contribution in [0, 0.1) is 6.92 Å². The summed E-state index contributed by atoms with van der Waals surface area (Å²) in [6, 6.07) is 9.65. The highest BCUT2D eigenvalue weighted by atomic mass is 16.6. The molecule has 10 nitrogen and oxygen atoms in total. The molecule has 3 aromatic rings. The first-order valence-electron chi connectivity index (χ1n) is 10.9. The zero-order chi connectivity index (χ0) is 24.5. The maximum atomic E-state index is 12.2. The fraction of sp³-hybridized carbons (Fsp3) is 0.333. The van der Waals surface area contributed by atoms with Gasteiger partial charge in [0.2, 0.25) is 0 Å². The number of ether oxygens (including phenoxy) is 3. The highest BCUT2D eigenvalue weighted by Crippen LogP contribution is 2.16. The molecule has 0 atom stereocenters. The number of hydrogen-bond acceptors (Lipinski definition) is 8. The van der Waals surface area contributed by atoms with Gasteiger partial charge in [0.05, 0.1) is 26.0 Å². The highest BCUT2D eigenvalue weighted by Gasteiger charge is 2.21. The molecule has 0 amide bonds. The van der Waals surface area contributed by atoms with Crippen molar-refractivity contribution in [2.45, 2.75) is 33.9 Å². The molecule has 1 N–H and O–H groups in total. The molecule has 0 radical (unpaired) electrons. The van der Waals surface area contributed by atoms with E-state index in [1.165, 1.54) is 6.20 Å². The molecule has 0 aliphatic rings. The van der Waals surface area contributed by atoms with E-state index in [-0.39, 0.29) is 18.8 Å². The van der Waals surface area contributed by atoms with Crippen LogP contribution >= 0.6 is 0 Å². The van der Waals surface area contributed by atoms with Crippen molar-refractivity contribution in [1.82, 2.24) is 19.3 Å². The molecule has 0 saturated carbocycles. The molecule has 0 fully saturated rings. The number of methoxy groups -OCH3 is 1. The Morgan fingerprint density at radius 1 is 1.06 bits per heavy atom. The van der Waals surface area contributed by atoms with E-state index in [0.29, 0.717) is 18.9 Å². The summed E-state index contributed by atoms with van der Waals surface area (Å²) in [5.41, 5.74) is 1.64.